The van der Waals surface area contributed by atoms with Crippen LogP contribution in [0.5, 0.6) is 0 Å². The van der Waals surface area contributed by atoms with Crippen LogP contribution in [-0.2, 0) is 14.2 Å². The number of carbonyl (C=O) groups is 2. The van der Waals surface area contributed by atoms with Crippen LogP contribution in [0, 0.1) is 13.8 Å². The summed E-state index contributed by atoms with van der Waals surface area (Å²) in [7, 11) is 0. The summed E-state index contributed by atoms with van der Waals surface area (Å²) in [5, 5.41) is 1.08. The Bertz CT molecular complexity index is 1450. The molecule has 1 aliphatic heterocycles. The van der Waals surface area contributed by atoms with Gasteiger partial charge in [0.25, 0.3) is 0 Å². The molecule has 0 radical (unpaired) electrons. The highest BCUT2D eigenvalue weighted by atomic mass is 35.5. The van der Waals surface area contributed by atoms with Crippen molar-refractivity contribution >= 4 is 46.2 Å². The van der Waals surface area contributed by atoms with Gasteiger partial charge in [0, 0.05) is 12.6 Å². The van der Waals surface area contributed by atoms with Gasteiger partial charge in [-0.2, -0.15) is 0 Å². The number of carbonyl (C=O) groups excluding carboxylic acids is 2. The highest BCUT2D eigenvalue weighted by molar-refractivity contribution is 6.41. The van der Waals surface area contributed by atoms with Crippen molar-refractivity contribution in [2.45, 2.75) is 38.7 Å². The molecule has 0 bridgehead atoms. The Hall–Kier alpha value is -3.46. The van der Waals surface area contributed by atoms with Gasteiger partial charge in [-0.15, -0.1) is 0 Å². The maximum Gasteiger partial charge on any atom is 0.338 e. The molecular formula is C27H23Cl2N3O5. The first-order chi connectivity index (χ1) is 17.8. The molecule has 190 valence electrons. The van der Waals surface area contributed by atoms with Crippen molar-refractivity contribution in [2.24, 2.45) is 0 Å². The van der Waals surface area contributed by atoms with Gasteiger partial charge in [-0.25, -0.2) is 19.6 Å². The second-order valence-electron chi connectivity index (χ2n) is 8.89. The number of hydrogen-bond acceptors (Lipinski definition) is 7. The number of hydrogen-bond donors (Lipinski definition) is 0. The maximum absolute atomic E-state index is 12.9. The van der Waals surface area contributed by atoms with E-state index in [4.69, 9.17) is 37.4 Å². The molecule has 37 heavy (non-hydrogen) atoms. The molecule has 1 saturated heterocycles. The quantitative estimate of drug-likeness (QED) is 0.228. The first-order valence-corrected chi connectivity index (χ1v) is 12.4. The maximum atomic E-state index is 12.9. The third kappa shape index (κ3) is 5.32. The number of benzene rings is 2. The van der Waals surface area contributed by atoms with Crippen LogP contribution in [0.2, 0.25) is 10.2 Å². The lowest BCUT2D eigenvalue weighted by molar-refractivity contribution is -0.0562. The predicted octanol–water partition coefficient (Wildman–Crippen LogP) is 5.73. The first kappa shape index (κ1) is 25.2. The number of esters is 2. The molecule has 0 amide bonds. The van der Waals surface area contributed by atoms with Crippen molar-refractivity contribution < 1.29 is 23.8 Å². The third-order valence-electron chi connectivity index (χ3n) is 6.22. The number of ether oxygens (including phenoxy) is 3. The fourth-order valence-electron chi connectivity index (χ4n) is 4.20. The van der Waals surface area contributed by atoms with Gasteiger partial charge in [0.2, 0.25) is 0 Å². The van der Waals surface area contributed by atoms with Crippen molar-refractivity contribution in [3.8, 4) is 0 Å². The monoisotopic (exact) mass is 539 g/mol. The van der Waals surface area contributed by atoms with Crippen LogP contribution in [0.1, 0.15) is 44.5 Å². The highest BCUT2D eigenvalue weighted by Gasteiger charge is 2.41. The van der Waals surface area contributed by atoms with Crippen LogP contribution in [0.3, 0.4) is 0 Å². The molecule has 10 heteroatoms. The Morgan fingerprint density at radius 2 is 1.59 bits per heavy atom. The lowest BCUT2D eigenvalue weighted by Gasteiger charge is -2.19. The van der Waals surface area contributed by atoms with E-state index < -0.39 is 30.4 Å². The van der Waals surface area contributed by atoms with Gasteiger partial charge in [-0.05, 0) is 38.1 Å². The Kier molecular flexibility index (Phi) is 7.15. The van der Waals surface area contributed by atoms with E-state index in [0.29, 0.717) is 27.2 Å². The number of nitrogens with zero attached hydrogens (tertiary/aromatic N) is 3. The zero-order valence-electron chi connectivity index (χ0n) is 20.1. The van der Waals surface area contributed by atoms with E-state index in [1.165, 1.54) is 6.33 Å². The molecule has 3 atom stereocenters. The molecule has 2 aromatic heterocycles. The minimum Gasteiger partial charge on any atom is -0.459 e. The SMILES string of the molecule is Cc1ccc(C(=O)OC[C@H]2O[C@@H](n3cc(Cl)c4c(Cl)ncnc43)C[C@@H]2OC(=O)c2ccc(C)cc2)cc1. The van der Waals surface area contributed by atoms with Crippen molar-refractivity contribution in [3.05, 3.63) is 93.5 Å². The van der Waals surface area contributed by atoms with Gasteiger partial charge in [-0.1, -0.05) is 58.6 Å². The molecule has 1 fully saturated rings. The molecule has 0 saturated carbocycles. The average molecular weight is 540 g/mol. The summed E-state index contributed by atoms with van der Waals surface area (Å²) in [5.74, 6) is -0.991. The summed E-state index contributed by atoms with van der Waals surface area (Å²) in [4.78, 5) is 33.8. The summed E-state index contributed by atoms with van der Waals surface area (Å²) < 4.78 is 19.3. The Morgan fingerprint density at radius 3 is 2.24 bits per heavy atom. The number of aryl methyl sites for hydroxylation is 2. The number of halogens is 2. The summed E-state index contributed by atoms with van der Waals surface area (Å²) >= 11 is 12.6. The Morgan fingerprint density at radius 1 is 0.973 bits per heavy atom. The Labute approximate surface area is 223 Å². The van der Waals surface area contributed by atoms with Crippen molar-refractivity contribution in [3.63, 3.8) is 0 Å². The molecule has 0 spiro atoms. The van der Waals surface area contributed by atoms with Crippen LogP contribution in [0.25, 0.3) is 11.0 Å². The van der Waals surface area contributed by atoms with Gasteiger partial charge in [-0.3, -0.25) is 0 Å². The molecule has 2 aromatic carbocycles. The molecule has 0 unspecified atom stereocenters. The third-order valence-corrected chi connectivity index (χ3v) is 6.79. The summed E-state index contributed by atoms with van der Waals surface area (Å²) in [6.45, 7) is 3.76. The highest BCUT2D eigenvalue weighted by Crippen LogP contribution is 2.37. The number of aromatic nitrogens is 3. The average Bonchev–Trinajstić information content (AvgIpc) is 3.44. The molecular weight excluding hydrogens is 517 g/mol. The molecule has 0 aliphatic carbocycles. The molecule has 0 N–H and O–H groups in total. The van der Waals surface area contributed by atoms with E-state index in [0.717, 1.165) is 11.1 Å². The van der Waals surface area contributed by atoms with Crippen LogP contribution in [0.15, 0.2) is 61.1 Å². The fourth-order valence-corrected chi connectivity index (χ4v) is 4.75. The van der Waals surface area contributed by atoms with E-state index in [-0.39, 0.29) is 18.2 Å². The standard InChI is InChI=1S/C27H23Cl2N3O5/c1-15-3-7-17(8-4-15)26(33)35-13-21-20(37-27(34)18-9-5-16(2)6-10-18)11-22(36-21)32-12-19(28)23-24(29)30-14-31-25(23)32/h3-10,12,14,20-22H,11,13H2,1-2H3/t20-,21+,22+/m0/s1. The largest absolute Gasteiger partial charge is 0.459 e. The summed E-state index contributed by atoms with van der Waals surface area (Å²) in [6, 6.07) is 14.1. The van der Waals surface area contributed by atoms with E-state index in [1.807, 2.05) is 38.1 Å². The van der Waals surface area contributed by atoms with Crippen molar-refractivity contribution in [2.75, 3.05) is 6.61 Å². The van der Waals surface area contributed by atoms with Gasteiger partial charge in [0.15, 0.2) is 0 Å². The van der Waals surface area contributed by atoms with Crippen LogP contribution < -0.4 is 0 Å². The number of fused-ring (bicyclic) bond motifs is 1. The second-order valence-corrected chi connectivity index (χ2v) is 9.65. The smallest absolute Gasteiger partial charge is 0.338 e. The van der Waals surface area contributed by atoms with Gasteiger partial charge >= 0.3 is 11.9 Å². The van der Waals surface area contributed by atoms with Crippen LogP contribution in [-0.4, -0.2) is 45.3 Å². The predicted molar refractivity (Wildman–Crippen MR) is 138 cm³/mol. The first-order valence-electron chi connectivity index (χ1n) is 11.6. The van der Waals surface area contributed by atoms with Gasteiger partial charge in [0.05, 0.1) is 21.5 Å². The summed E-state index contributed by atoms with van der Waals surface area (Å²) in [5.41, 5.74) is 3.37. The van der Waals surface area contributed by atoms with Crippen LogP contribution in [0.4, 0.5) is 0 Å². The van der Waals surface area contributed by atoms with Gasteiger partial charge < -0.3 is 18.8 Å². The fraction of sp³-hybridized carbons (Fsp3) is 0.259. The normalized spacial score (nSPS) is 19.2. The van der Waals surface area contributed by atoms with E-state index >= 15 is 0 Å². The van der Waals surface area contributed by atoms with Crippen LogP contribution >= 0.6 is 23.2 Å². The van der Waals surface area contributed by atoms with Crippen molar-refractivity contribution in [1.29, 1.82) is 0 Å². The second kappa shape index (κ2) is 10.5. The molecule has 1 aliphatic rings. The lowest BCUT2D eigenvalue weighted by Crippen LogP contribution is -2.32. The van der Waals surface area contributed by atoms with Gasteiger partial charge in [0.1, 0.15) is 42.2 Å². The number of rotatable bonds is 6. The zero-order chi connectivity index (χ0) is 26.1. The summed E-state index contributed by atoms with van der Waals surface area (Å²) in [6.07, 6.45) is 1.26. The van der Waals surface area contributed by atoms with Crippen molar-refractivity contribution in [1.82, 2.24) is 14.5 Å². The lowest BCUT2D eigenvalue weighted by atomic mass is 10.1. The minimum absolute atomic E-state index is 0.113. The molecule has 4 aromatic rings. The topological polar surface area (TPSA) is 92.5 Å². The molecule has 5 rings (SSSR count). The minimum atomic E-state index is -0.720. The Balaban J connectivity index is 1.38. The van der Waals surface area contributed by atoms with E-state index in [2.05, 4.69) is 9.97 Å². The molecule has 8 nitrogen and oxygen atoms in total. The molecule has 3 heterocycles. The zero-order valence-corrected chi connectivity index (χ0v) is 21.6. The van der Waals surface area contributed by atoms with E-state index in [9.17, 15) is 9.59 Å². The van der Waals surface area contributed by atoms with E-state index in [1.54, 1.807) is 35.0 Å².